The third kappa shape index (κ3) is 9.90. The predicted octanol–water partition coefficient (Wildman–Crippen LogP) is 4.36. The molecule has 3 heterocycles. The van der Waals surface area contributed by atoms with Gasteiger partial charge in [-0.3, -0.25) is 19.3 Å². The highest BCUT2D eigenvalue weighted by atomic mass is 16.8. The van der Waals surface area contributed by atoms with Crippen LogP contribution in [0.1, 0.15) is 44.3 Å². The van der Waals surface area contributed by atoms with E-state index in [9.17, 15) is 24.6 Å². The Hall–Kier alpha value is -5.13. The van der Waals surface area contributed by atoms with Crippen LogP contribution in [0.3, 0.4) is 0 Å². The second kappa shape index (κ2) is 20.4. The zero-order chi connectivity index (χ0) is 42.0. The minimum absolute atomic E-state index is 0.00348. The first-order valence-corrected chi connectivity index (χ1v) is 19.8. The summed E-state index contributed by atoms with van der Waals surface area (Å²) >= 11 is 0. The van der Waals surface area contributed by atoms with Gasteiger partial charge in [-0.25, -0.2) is 0 Å². The van der Waals surface area contributed by atoms with Crippen molar-refractivity contribution >= 4 is 17.8 Å². The van der Waals surface area contributed by atoms with E-state index in [4.69, 9.17) is 37.9 Å². The average molecular weight is 824 g/mol. The molecule has 0 bridgehead atoms. The van der Waals surface area contributed by atoms with Gasteiger partial charge in [0.2, 0.25) is 0 Å². The Morgan fingerprint density at radius 2 is 1.20 bits per heavy atom. The van der Waals surface area contributed by atoms with Crippen molar-refractivity contribution in [1.29, 1.82) is 0 Å². The molecule has 0 saturated carbocycles. The molecule has 14 heteroatoms. The van der Waals surface area contributed by atoms with Crippen LogP contribution in [0.2, 0.25) is 0 Å². The number of aliphatic hydroxyl groups excluding tert-OH is 2. The molecule has 14 nitrogen and oxygen atoms in total. The zero-order valence-corrected chi connectivity index (χ0v) is 33.1. The van der Waals surface area contributed by atoms with Crippen LogP contribution in [0, 0.1) is 0 Å². The third-order valence-electron chi connectivity index (χ3n) is 10.5. The number of carbonyl (C=O) groups excluding carboxylic acids is 3. The van der Waals surface area contributed by atoms with E-state index in [2.05, 4.69) is 6.58 Å². The molecule has 2 N–H and O–H groups in total. The van der Waals surface area contributed by atoms with E-state index < -0.39 is 85.7 Å². The monoisotopic (exact) mass is 823 g/mol. The van der Waals surface area contributed by atoms with Crippen LogP contribution >= 0.6 is 0 Å². The second-order valence-corrected chi connectivity index (χ2v) is 14.6. The van der Waals surface area contributed by atoms with Gasteiger partial charge in [0, 0.05) is 6.92 Å². The first-order valence-electron chi connectivity index (χ1n) is 19.8. The van der Waals surface area contributed by atoms with Gasteiger partial charge in [0.05, 0.1) is 50.8 Å². The highest BCUT2D eigenvalue weighted by molar-refractivity contribution is 6.21. The van der Waals surface area contributed by atoms with Crippen LogP contribution in [-0.2, 0) is 62.5 Å². The van der Waals surface area contributed by atoms with Gasteiger partial charge in [-0.05, 0) is 28.8 Å². The Kier molecular flexibility index (Phi) is 14.6. The lowest BCUT2D eigenvalue weighted by atomic mass is 9.93. The molecule has 2 fully saturated rings. The number of hydrogen-bond acceptors (Lipinski definition) is 13. The number of fused-ring (bicyclic) bond motifs is 1. The second-order valence-electron chi connectivity index (χ2n) is 14.6. The molecule has 4 aromatic rings. The van der Waals surface area contributed by atoms with Crippen molar-refractivity contribution in [1.82, 2.24) is 4.90 Å². The number of carbonyl (C=O) groups is 3. The molecule has 0 aromatic heterocycles. The Balaban J connectivity index is 1.30. The van der Waals surface area contributed by atoms with Gasteiger partial charge in [-0.1, -0.05) is 109 Å². The largest absolute Gasteiger partial charge is 0.454 e. The van der Waals surface area contributed by atoms with Gasteiger partial charge < -0.3 is 48.1 Å². The Labute approximate surface area is 348 Å². The number of aliphatic hydroxyl groups is 2. The minimum atomic E-state index is -1.52. The molecule has 316 valence electrons. The number of imide groups is 1. The molecule has 0 unspecified atom stereocenters. The topological polar surface area (TPSA) is 169 Å². The molecule has 3 aliphatic rings. The van der Waals surface area contributed by atoms with Crippen molar-refractivity contribution in [3.63, 3.8) is 0 Å². The summed E-state index contributed by atoms with van der Waals surface area (Å²) in [5.41, 5.74) is 2.82. The first-order chi connectivity index (χ1) is 29.3. The summed E-state index contributed by atoms with van der Waals surface area (Å²) in [6.07, 6.45) is -10.1. The summed E-state index contributed by atoms with van der Waals surface area (Å²) in [4.78, 5) is 42.4. The summed E-state index contributed by atoms with van der Waals surface area (Å²) in [7, 11) is 0. The molecular weight excluding hydrogens is 774 g/mol. The fourth-order valence-corrected chi connectivity index (χ4v) is 7.65. The minimum Gasteiger partial charge on any atom is -0.454 e. The van der Waals surface area contributed by atoms with E-state index in [0.29, 0.717) is 0 Å². The summed E-state index contributed by atoms with van der Waals surface area (Å²) in [6.45, 7) is 4.42. The normalized spacial score (nSPS) is 27.7. The average Bonchev–Trinajstić information content (AvgIpc) is 3.52. The van der Waals surface area contributed by atoms with E-state index in [1.165, 1.54) is 13.0 Å². The van der Waals surface area contributed by atoms with Gasteiger partial charge in [0.1, 0.15) is 42.7 Å². The standard InChI is InChI=1S/C46H49NO13/c1-3-23-54-45-37(47-43(51)33-21-13-14-22-34(33)44(47)52)40(55-26-31-17-9-5-10-18-31)39(36(59-45)28-53-25-30-15-7-4-8-16-30)60-46-42(57-29(2)49)41(38(50)35(24-48)58-46)56-27-32-19-11-6-12-20-32/h3-22,35-42,45-46,48,50H,1,23-28H2,2H3/t35-,36-,37-,38-,39-,40-,41+,42-,45-,46+/m1/s1. The molecule has 0 radical (unpaired) electrons. The number of nitrogens with zero attached hydrogens (tertiary/aromatic N) is 1. The number of benzene rings is 4. The van der Waals surface area contributed by atoms with Crippen molar-refractivity contribution in [2.75, 3.05) is 19.8 Å². The Morgan fingerprint density at radius 1 is 0.683 bits per heavy atom. The summed E-state index contributed by atoms with van der Waals surface area (Å²) < 4.78 is 51.0. The molecule has 10 atom stereocenters. The van der Waals surface area contributed by atoms with E-state index in [0.717, 1.165) is 21.6 Å². The maximum absolute atomic E-state index is 14.3. The third-order valence-corrected chi connectivity index (χ3v) is 10.5. The van der Waals surface area contributed by atoms with E-state index >= 15 is 0 Å². The van der Waals surface area contributed by atoms with Crippen LogP contribution in [0.4, 0.5) is 0 Å². The number of esters is 1. The highest BCUT2D eigenvalue weighted by Crippen LogP contribution is 2.38. The lowest BCUT2D eigenvalue weighted by molar-refractivity contribution is -0.359. The highest BCUT2D eigenvalue weighted by Gasteiger charge is 2.58. The van der Waals surface area contributed by atoms with Gasteiger partial charge >= 0.3 is 5.97 Å². The van der Waals surface area contributed by atoms with Crippen molar-refractivity contribution < 1.29 is 62.5 Å². The molecule has 3 aliphatic heterocycles. The molecule has 0 aliphatic carbocycles. The van der Waals surface area contributed by atoms with Crippen LogP contribution in [0.25, 0.3) is 0 Å². The van der Waals surface area contributed by atoms with Crippen LogP contribution in [0.15, 0.2) is 128 Å². The number of amides is 2. The van der Waals surface area contributed by atoms with Crippen LogP contribution in [-0.4, -0.2) is 114 Å². The van der Waals surface area contributed by atoms with E-state index in [-0.39, 0.29) is 44.2 Å². The molecule has 7 rings (SSSR count). The maximum atomic E-state index is 14.3. The SMILES string of the molecule is C=CCO[C@@H]1O[C@H](COCc2ccccc2)[C@@H](O[C@@H]2O[C@H](CO)[C@@H](O)[C@H](OCc3ccccc3)[C@H]2OC(C)=O)[C@H](OCc2ccccc2)[C@H]1N1C(=O)c2ccccc2C1=O. The Bertz CT molecular complexity index is 2000. The number of hydrogen-bond donors (Lipinski definition) is 2. The molecule has 0 spiro atoms. The van der Waals surface area contributed by atoms with Crippen LogP contribution in [0.5, 0.6) is 0 Å². The number of ether oxygens (including phenoxy) is 8. The summed E-state index contributed by atoms with van der Waals surface area (Å²) in [5, 5.41) is 21.9. The smallest absolute Gasteiger partial charge is 0.303 e. The van der Waals surface area contributed by atoms with Crippen molar-refractivity contribution in [3.8, 4) is 0 Å². The Morgan fingerprint density at radius 3 is 1.73 bits per heavy atom. The predicted molar refractivity (Wildman–Crippen MR) is 214 cm³/mol. The lowest BCUT2D eigenvalue weighted by Crippen LogP contribution is -2.69. The van der Waals surface area contributed by atoms with Gasteiger partial charge in [-0.2, -0.15) is 0 Å². The quantitative estimate of drug-likeness (QED) is 0.0826. The summed E-state index contributed by atoms with van der Waals surface area (Å²) in [5.74, 6) is -1.90. The number of rotatable bonds is 18. The fraction of sp³-hybridized carbons (Fsp3) is 0.370. The zero-order valence-electron chi connectivity index (χ0n) is 33.1. The molecular formula is C46H49NO13. The fourth-order valence-electron chi connectivity index (χ4n) is 7.65. The maximum Gasteiger partial charge on any atom is 0.303 e. The lowest BCUT2D eigenvalue weighted by Gasteiger charge is -2.50. The van der Waals surface area contributed by atoms with E-state index in [1.807, 2.05) is 91.0 Å². The van der Waals surface area contributed by atoms with Gasteiger partial charge in [0.25, 0.3) is 11.8 Å². The van der Waals surface area contributed by atoms with Crippen molar-refractivity contribution in [3.05, 3.63) is 156 Å². The van der Waals surface area contributed by atoms with Crippen molar-refractivity contribution in [2.45, 2.75) is 88.1 Å². The van der Waals surface area contributed by atoms with E-state index in [1.54, 1.807) is 24.3 Å². The molecule has 60 heavy (non-hydrogen) atoms. The first kappa shape index (κ1) is 43.0. The summed E-state index contributed by atoms with van der Waals surface area (Å²) in [6, 6.07) is 33.2. The molecule has 4 aromatic carbocycles. The molecule has 2 amide bonds. The molecule has 2 saturated heterocycles. The van der Waals surface area contributed by atoms with Crippen molar-refractivity contribution in [2.24, 2.45) is 0 Å². The van der Waals surface area contributed by atoms with Gasteiger partial charge in [-0.15, -0.1) is 6.58 Å². The van der Waals surface area contributed by atoms with Crippen LogP contribution < -0.4 is 0 Å². The van der Waals surface area contributed by atoms with Gasteiger partial charge in [0.15, 0.2) is 18.7 Å².